The van der Waals surface area contributed by atoms with Crippen LogP contribution in [0.15, 0.2) is 90.0 Å². The lowest BCUT2D eigenvalue weighted by molar-refractivity contribution is -0.119. The summed E-state index contributed by atoms with van der Waals surface area (Å²) >= 11 is 0. The van der Waals surface area contributed by atoms with Crippen LogP contribution in [0.4, 0.5) is 5.69 Å². The summed E-state index contributed by atoms with van der Waals surface area (Å²) in [6.07, 6.45) is 1.56. The lowest BCUT2D eigenvalue weighted by Crippen LogP contribution is -2.37. The summed E-state index contributed by atoms with van der Waals surface area (Å²) in [6, 6.07) is 27.0. The lowest BCUT2D eigenvalue weighted by atomic mass is 10.1. The number of aryl methyl sites for hydroxylation is 1. The van der Waals surface area contributed by atoms with Gasteiger partial charge in [-0.3, -0.25) is 14.5 Å². The predicted molar refractivity (Wildman–Crippen MR) is 133 cm³/mol. The molecule has 6 heteroatoms. The lowest BCUT2D eigenvalue weighted by Gasteiger charge is -2.16. The normalized spacial score (nSPS) is 12.5. The monoisotopic (exact) mass is 449 g/mol. The molecule has 5 rings (SSSR count). The number of nitrogens with zero attached hydrogens (tertiary/aromatic N) is 2. The molecule has 0 fully saturated rings. The third kappa shape index (κ3) is 4.38. The Bertz CT molecular complexity index is 1390. The van der Waals surface area contributed by atoms with Gasteiger partial charge in [0, 0.05) is 10.9 Å². The van der Waals surface area contributed by atoms with Gasteiger partial charge < -0.3 is 4.74 Å². The van der Waals surface area contributed by atoms with E-state index in [1.807, 2.05) is 66.7 Å². The van der Waals surface area contributed by atoms with Gasteiger partial charge in [0.2, 0.25) is 0 Å². The second kappa shape index (κ2) is 9.19. The number of benzene rings is 4. The number of hydrogen-bond donors (Lipinski definition) is 1. The van der Waals surface area contributed by atoms with Crippen LogP contribution < -0.4 is 15.1 Å². The van der Waals surface area contributed by atoms with Gasteiger partial charge in [0.05, 0.1) is 11.9 Å². The molecule has 6 nitrogen and oxygen atoms in total. The van der Waals surface area contributed by atoms with Crippen LogP contribution in [-0.2, 0) is 11.4 Å². The van der Waals surface area contributed by atoms with Crippen molar-refractivity contribution in [1.29, 1.82) is 0 Å². The molecule has 0 bridgehead atoms. The van der Waals surface area contributed by atoms with Gasteiger partial charge in [-0.2, -0.15) is 5.10 Å². The molecule has 0 atom stereocenters. The molecular formula is C28H23N3O3. The highest BCUT2D eigenvalue weighted by Crippen LogP contribution is 2.36. The Balaban J connectivity index is 1.16. The van der Waals surface area contributed by atoms with Crippen LogP contribution in [-0.4, -0.2) is 24.6 Å². The molecule has 4 aromatic rings. The molecule has 1 aliphatic heterocycles. The van der Waals surface area contributed by atoms with E-state index in [1.54, 1.807) is 12.3 Å². The first-order valence-electron chi connectivity index (χ1n) is 11.0. The van der Waals surface area contributed by atoms with Crippen LogP contribution in [0.5, 0.6) is 5.75 Å². The molecule has 0 unspecified atom stereocenters. The molecule has 168 valence electrons. The maximum Gasteiger partial charge on any atom is 0.260 e. The summed E-state index contributed by atoms with van der Waals surface area (Å²) in [4.78, 5) is 26.7. The number of nitrogens with one attached hydrogen (secondary N) is 1. The highest BCUT2D eigenvalue weighted by atomic mass is 16.5. The first kappa shape index (κ1) is 21.4. The maximum atomic E-state index is 12.8. The Kier molecular flexibility index (Phi) is 5.79. The maximum absolute atomic E-state index is 12.8. The van der Waals surface area contributed by atoms with Crippen molar-refractivity contribution in [1.82, 2.24) is 5.43 Å². The second-order valence-electron chi connectivity index (χ2n) is 8.21. The smallest absolute Gasteiger partial charge is 0.260 e. The summed E-state index contributed by atoms with van der Waals surface area (Å²) in [5, 5.41) is 5.90. The topological polar surface area (TPSA) is 71.0 Å². The van der Waals surface area contributed by atoms with Gasteiger partial charge in [0.15, 0.2) is 0 Å². The van der Waals surface area contributed by atoms with Crippen molar-refractivity contribution < 1.29 is 14.3 Å². The molecule has 4 aromatic carbocycles. The standard InChI is InChI=1S/C28H23N3O3/c1-19-8-10-21(11-9-19)18-34-23-14-12-20(13-15-23)16-29-30-26(32)17-31-25-7-3-5-22-4-2-6-24(27(22)25)28(31)33/h2-16H,17-18H2,1H3,(H,30,32)/b29-16+. The molecule has 0 saturated carbocycles. The third-order valence-electron chi connectivity index (χ3n) is 5.76. The average Bonchev–Trinajstić information content (AvgIpc) is 3.12. The molecule has 34 heavy (non-hydrogen) atoms. The number of hydrogen-bond acceptors (Lipinski definition) is 4. The van der Waals surface area contributed by atoms with Crippen molar-refractivity contribution in [2.45, 2.75) is 13.5 Å². The fraction of sp³-hybridized carbons (Fsp3) is 0.107. The first-order chi connectivity index (χ1) is 16.6. The molecule has 0 saturated heterocycles. The fourth-order valence-corrected chi connectivity index (χ4v) is 3.99. The van der Waals surface area contributed by atoms with Gasteiger partial charge in [0.25, 0.3) is 11.8 Å². The summed E-state index contributed by atoms with van der Waals surface area (Å²) in [5.41, 5.74) is 7.02. The zero-order valence-electron chi connectivity index (χ0n) is 18.7. The van der Waals surface area contributed by atoms with E-state index in [0.717, 1.165) is 33.3 Å². The van der Waals surface area contributed by atoms with Crippen LogP contribution in [0.3, 0.4) is 0 Å². The Morgan fingerprint density at radius 3 is 2.47 bits per heavy atom. The molecule has 0 radical (unpaired) electrons. The Morgan fingerprint density at radius 1 is 0.971 bits per heavy atom. The van der Waals surface area contributed by atoms with Gasteiger partial charge in [0.1, 0.15) is 18.9 Å². The van der Waals surface area contributed by atoms with E-state index >= 15 is 0 Å². The fourth-order valence-electron chi connectivity index (χ4n) is 3.99. The van der Waals surface area contributed by atoms with Crippen LogP contribution in [0, 0.1) is 6.92 Å². The van der Waals surface area contributed by atoms with Crippen molar-refractivity contribution in [3.8, 4) is 5.75 Å². The summed E-state index contributed by atoms with van der Waals surface area (Å²) in [5.74, 6) is 0.211. The van der Waals surface area contributed by atoms with Crippen molar-refractivity contribution >= 4 is 34.5 Å². The van der Waals surface area contributed by atoms with E-state index < -0.39 is 0 Å². The summed E-state index contributed by atoms with van der Waals surface area (Å²) in [7, 11) is 0. The minimum Gasteiger partial charge on any atom is -0.489 e. The highest BCUT2D eigenvalue weighted by Gasteiger charge is 2.30. The molecule has 0 aliphatic carbocycles. The number of hydrazone groups is 1. The number of anilines is 1. The number of rotatable bonds is 7. The highest BCUT2D eigenvalue weighted by molar-refractivity contribution is 6.26. The van der Waals surface area contributed by atoms with Gasteiger partial charge in [-0.25, -0.2) is 5.43 Å². The number of carbonyl (C=O) groups excluding carboxylic acids is 2. The Labute approximate surface area is 197 Å². The van der Waals surface area contributed by atoms with E-state index in [1.165, 1.54) is 10.5 Å². The minimum absolute atomic E-state index is 0.101. The number of carbonyl (C=O) groups is 2. The van der Waals surface area contributed by atoms with Crippen molar-refractivity contribution in [2.24, 2.45) is 5.10 Å². The summed E-state index contributed by atoms with van der Waals surface area (Å²) < 4.78 is 5.81. The first-order valence-corrected chi connectivity index (χ1v) is 11.0. The van der Waals surface area contributed by atoms with E-state index in [9.17, 15) is 9.59 Å². The number of amides is 2. The average molecular weight is 450 g/mol. The molecular weight excluding hydrogens is 426 g/mol. The summed E-state index contributed by atoms with van der Waals surface area (Å²) in [6.45, 7) is 2.45. The third-order valence-corrected chi connectivity index (χ3v) is 5.76. The zero-order valence-corrected chi connectivity index (χ0v) is 18.7. The van der Waals surface area contributed by atoms with Crippen molar-refractivity contribution in [3.05, 3.63) is 107 Å². The van der Waals surface area contributed by atoms with Gasteiger partial charge >= 0.3 is 0 Å². The van der Waals surface area contributed by atoms with Gasteiger partial charge in [-0.05, 0) is 59.8 Å². The second-order valence-corrected chi connectivity index (χ2v) is 8.21. The number of ether oxygens (including phenoxy) is 1. The quantitative estimate of drug-likeness (QED) is 0.324. The predicted octanol–water partition coefficient (Wildman–Crippen LogP) is 4.84. The SMILES string of the molecule is Cc1ccc(COc2ccc(/C=N/NC(=O)CN3C(=O)c4cccc5cccc3c45)cc2)cc1. The molecule has 1 aliphatic rings. The van der Waals surface area contributed by atoms with Crippen LogP contribution in [0.1, 0.15) is 27.0 Å². The Hall–Kier alpha value is -4.45. The van der Waals surface area contributed by atoms with Crippen LogP contribution >= 0.6 is 0 Å². The van der Waals surface area contributed by atoms with Crippen molar-refractivity contribution in [2.75, 3.05) is 11.4 Å². The molecule has 2 amide bonds. The Morgan fingerprint density at radius 2 is 1.71 bits per heavy atom. The minimum atomic E-state index is -0.368. The van der Waals surface area contributed by atoms with Crippen LogP contribution in [0.25, 0.3) is 10.8 Å². The van der Waals surface area contributed by atoms with Gasteiger partial charge in [-0.1, -0.05) is 54.1 Å². The van der Waals surface area contributed by atoms with Gasteiger partial charge in [-0.15, -0.1) is 0 Å². The largest absolute Gasteiger partial charge is 0.489 e. The molecule has 0 spiro atoms. The van der Waals surface area contributed by atoms with Crippen LogP contribution in [0.2, 0.25) is 0 Å². The molecule has 0 aromatic heterocycles. The molecule has 1 heterocycles. The van der Waals surface area contributed by atoms with E-state index in [2.05, 4.69) is 29.6 Å². The van der Waals surface area contributed by atoms with E-state index in [-0.39, 0.29) is 18.4 Å². The van der Waals surface area contributed by atoms with E-state index in [0.29, 0.717) is 12.2 Å². The van der Waals surface area contributed by atoms with E-state index in [4.69, 9.17) is 4.74 Å². The van der Waals surface area contributed by atoms with Crippen molar-refractivity contribution in [3.63, 3.8) is 0 Å². The molecule has 1 N–H and O–H groups in total. The zero-order chi connectivity index (χ0) is 23.5.